The van der Waals surface area contributed by atoms with Crippen LogP contribution in [0, 0.1) is 0 Å². The zero-order chi connectivity index (χ0) is 14.5. The van der Waals surface area contributed by atoms with E-state index in [4.69, 9.17) is 5.73 Å². The highest BCUT2D eigenvalue weighted by atomic mass is 79.9. The molecule has 2 aromatic heterocycles. The van der Waals surface area contributed by atoms with Crippen LogP contribution in [-0.4, -0.2) is 26.5 Å². The van der Waals surface area contributed by atoms with Crippen molar-refractivity contribution in [3.8, 4) is 0 Å². The molecule has 0 bridgehead atoms. The molecule has 20 heavy (non-hydrogen) atoms. The van der Waals surface area contributed by atoms with Crippen LogP contribution >= 0.6 is 27.7 Å². The molecule has 0 aliphatic heterocycles. The third-order valence-electron chi connectivity index (χ3n) is 2.23. The lowest BCUT2D eigenvalue weighted by Crippen LogP contribution is -2.09. The van der Waals surface area contributed by atoms with Crippen molar-refractivity contribution in [1.29, 1.82) is 0 Å². The van der Waals surface area contributed by atoms with Gasteiger partial charge in [-0.05, 0) is 34.1 Å². The summed E-state index contributed by atoms with van der Waals surface area (Å²) in [6.07, 6.45) is 2.44. The van der Waals surface area contributed by atoms with Gasteiger partial charge in [0, 0.05) is 12.6 Å². The summed E-state index contributed by atoms with van der Waals surface area (Å²) in [4.78, 5) is 26.3. The molecule has 0 aliphatic rings. The van der Waals surface area contributed by atoms with E-state index < -0.39 is 0 Å². The Hall–Kier alpha value is -1.61. The Morgan fingerprint density at radius 1 is 1.50 bits per heavy atom. The molecular formula is C11H13BrN6OS. The van der Waals surface area contributed by atoms with E-state index in [1.165, 1.54) is 24.2 Å². The van der Waals surface area contributed by atoms with E-state index in [2.05, 4.69) is 48.1 Å². The molecule has 106 valence electrons. The molecule has 7 nitrogen and oxygen atoms in total. The summed E-state index contributed by atoms with van der Waals surface area (Å²) in [5.74, 6) is 0.876. The number of nitrogen functional groups attached to an aromatic ring is 1. The van der Waals surface area contributed by atoms with Crippen LogP contribution in [0.25, 0.3) is 0 Å². The second kappa shape index (κ2) is 6.71. The van der Waals surface area contributed by atoms with Gasteiger partial charge >= 0.3 is 0 Å². The third-order valence-corrected chi connectivity index (χ3v) is 4.14. The highest BCUT2D eigenvalue weighted by Crippen LogP contribution is 2.32. The van der Waals surface area contributed by atoms with Gasteiger partial charge < -0.3 is 16.0 Å². The lowest BCUT2D eigenvalue weighted by molar-refractivity contribution is 0.926. The molecule has 0 atom stereocenters. The molecule has 9 heteroatoms. The van der Waals surface area contributed by atoms with Crippen molar-refractivity contribution in [2.24, 2.45) is 0 Å². The van der Waals surface area contributed by atoms with Gasteiger partial charge in [-0.2, -0.15) is 0 Å². The summed E-state index contributed by atoms with van der Waals surface area (Å²) in [6, 6.07) is 1.23. The fourth-order valence-corrected chi connectivity index (χ4v) is 2.74. The van der Waals surface area contributed by atoms with Crippen molar-refractivity contribution in [3.63, 3.8) is 0 Å². The van der Waals surface area contributed by atoms with Crippen LogP contribution in [0.5, 0.6) is 0 Å². The summed E-state index contributed by atoms with van der Waals surface area (Å²) in [6.45, 7) is 2.88. The number of H-pyrrole nitrogens is 1. The summed E-state index contributed by atoms with van der Waals surface area (Å²) >= 11 is 4.65. The SMILES string of the molecule is CCCNc1ncnc(Sc2nc(N)cc(=O)[nH]2)c1Br. The molecule has 4 N–H and O–H groups in total. The molecule has 2 heterocycles. The fraction of sp³-hybridized carbons (Fsp3) is 0.273. The molecule has 0 spiro atoms. The largest absolute Gasteiger partial charge is 0.383 e. The van der Waals surface area contributed by atoms with Gasteiger partial charge in [-0.3, -0.25) is 4.79 Å². The predicted octanol–water partition coefficient (Wildman–Crippen LogP) is 1.88. The smallest absolute Gasteiger partial charge is 0.253 e. The minimum atomic E-state index is -0.297. The van der Waals surface area contributed by atoms with E-state index in [1.54, 1.807) is 0 Å². The number of anilines is 2. The first-order valence-electron chi connectivity index (χ1n) is 5.89. The summed E-state index contributed by atoms with van der Waals surface area (Å²) in [5, 5.41) is 4.21. The van der Waals surface area contributed by atoms with Crippen molar-refractivity contribution in [2.75, 3.05) is 17.6 Å². The Morgan fingerprint density at radius 3 is 3.00 bits per heavy atom. The van der Waals surface area contributed by atoms with Crippen molar-refractivity contribution < 1.29 is 0 Å². The third kappa shape index (κ3) is 3.70. The average molecular weight is 357 g/mol. The normalized spacial score (nSPS) is 10.5. The van der Waals surface area contributed by atoms with Gasteiger partial charge in [0.15, 0.2) is 5.16 Å². The molecule has 0 fully saturated rings. The Balaban J connectivity index is 2.27. The minimum absolute atomic E-state index is 0.172. The highest BCUT2D eigenvalue weighted by Gasteiger charge is 2.11. The topological polar surface area (TPSA) is 110 Å². The van der Waals surface area contributed by atoms with Crippen LogP contribution in [0.4, 0.5) is 11.6 Å². The van der Waals surface area contributed by atoms with Crippen LogP contribution in [0.2, 0.25) is 0 Å². The molecule has 0 aromatic carbocycles. The van der Waals surface area contributed by atoms with Crippen LogP contribution in [0.15, 0.2) is 31.8 Å². The monoisotopic (exact) mass is 356 g/mol. The van der Waals surface area contributed by atoms with E-state index in [-0.39, 0.29) is 11.4 Å². The van der Waals surface area contributed by atoms with E-state index in [0.29, 0.717) is 16.0 Å². The molecule has 2 rings (SSSR count). The number of halogens is 1. The predicted molar refractivity (Wildman–Crippen MR) is 81.9 cm³/mol. The number of rotatable bonds is 5. The van der Waals surface area contributed by atoms with Crippen LogP contribution < -0.4 is 16.6 Å². The molecule has 0 radical (unpaired) electrons. The van der Waals surface area contributed by atoms with E-state index in [0.717, 1.165) is 17.4 Å². The highest BCUT2D eigenvalue weighted by molar-refractivity contribution is 9.10. The van der Waals surface area contributed by atoms with Crippen LogP contribution in [0.3, 0.4) is 0 Å². The fourth-order valence-electron chi connectivity index (χ4n) is 1.38. The molecule has 2 aromatic rings. The zero-order valence-corrected chi connectivity index (χ0v) is 13.1. The van der Waals surface area contributed by atoms with Crippen molar-refractivity contribution >= 4 is 39.3 Å². The van der Waals surface area contributed by atoms with Crippen molar-refractivity contribution in [1.82, 2.24) is 19.9 Å². The first-order chi connectivity index (χ1) is 9.60. The maximum Gasteiger partial charge on any atom is 0.253 e. The van der Waals surface area contributed by atoms with Gasteiger partial charge in [0.05, 0.1) is 4.47 Å². The summed E-state index contributed by atoms with van der Waals surface area (Å²) in [5.41, 5.74) is 5.25. The zero-order valence-electron chi connectivity index (χ0n) is 10.7. The van der Waals surface area contributed by atoms with Crippen LogP contribution in [0.1, 0.15) is 13.3 Å². The van der Waals surface area contributed by atoms with E-state index in [9.17, 15) is 4.79 Å². The second-order valence-electron chi connectivity index (χ2n) is 3.85. The van der Waals surface area contributed by atoms with Gasteiger partial charge in [0.2, 0.25) is 0 Å². The van der Waals surface area contributed by atoms with Gasteiger partial charge in [0.1, 0.15) is 23.0 Å². The van der Waals surface area contributed by atoms with Gasteiger partial charge in [-0.25, -0.2) is 15.0 Å². The Morgan fingerprint density at radius 2 is 2.30 bits per heavy atom. The van der Waals surface area contributed by atoms with Crippen molar-refractivity contribution in [3.05, 3.63) is 27.2 Å². The molecule has 0 saturated carbocycles. The lowest BCUT2D eigenvalue weighted by Gasteiger charge is -2.08. The maximum atomic E-state index is 11.3. The number of nitrogens with two attached hydrogens (primary N) is 1. The second-order valence-corrected chi connectivity index (χ2v) is 5.62. The molecule has 0 unspecified atom stereocenters. The minimum Gasteiger partial charge on any atom is -0.383 e. The van der Waals surface area contributed by atoms with Gasteiger partial charge in [-0.1, -0.05) is 6.92 Å². The number of nitrogens with zero attached hydrogens (tertiary/aromatic N) is 3. The maximum absolute atomic E-state index is 11.3. The van der Waals surface area contributed by atoms with Gasteiger partial charge in [-0.15, -0.1) is 0 Å². The first-order valence-corrected chi connectivity index (χ1v) is 7.50. The van der Waals surface area contributed by atoms with Crippen molar-refractivity contribution in [2.45, 2.75) is 23.5 Å². The summed E-state index contributed by atoms with van der Waals surface area (Å²) in [7, 11) is 0. The number of aromatic amines is 1. The number of nitrogens with one attached hydrogen (secondary N) is 2. The first kappa shape index (κ1) is 14.8. The van der Waals surface area contributed by atoms with Crippen LogP contribution in [-0.2, 0) is 0 Å². The van der Waals surface area contributed by atoms with Gasteiger partial charge in [0.25, 0.3) is 5.56 Å². The molecular weight excluding hydrogens is 344 g/mol. The standard InChI is InChI=1S/C11H13BrN6OS/c1-2-3-14-9-8(12)10(16-5-15-9)20-11-17-6(13)4-7(19)18-11/h4-5H,2-3H2,1H3,(H,14,15,16)(H3,13,17,18,19). The lowest BCUT2D eigenvalue weighted by atomic mass is 10.4. The average Bonchev–Trinajstić information content (AvgIpc) is 2.38. The Bertz CT molecular complexity index is 662. The molecule has 0 saturated heterocycles. The number of hydrogen-bond donors (Lipinski definition) is 3. The Kier molecular flexibility index (Phi) is 4.96. The number of hydrogen-bond acceptors (Lipinski definition) is 7. The molecule has 0 aliphatic carbocycles. The summed E-state index contributed by atoms with van der Waals surface area (Å²) < 4.78 is 0.725. The van der Waals surface area contributed by atoms with E-state index >= 15 is 0 Å². The Labute approximate surface area is 128 Å². The van der Waals surface area contributed by atoms with E-state index in [1.807, 2.05) is 0 Å². The number of aromatic nitrogens is 4. The molecule has 0 amide bonds. The quantitative estimate of drug-likeness (QED) is 0.554.